The zero-order valence-electron chi connectivity index (χ0n) is 13.0. The quantitative estimate of drug-likeness (QED) is 0.841. The van der Waals surface area contributed by atoms with Crippen molar-refractivity contribution in [3.05, 3.63) is 35.8 Å². The van der Waals surface area contributed by atoms with Crippen molar-refractivity contribution in [3.63, 3.8) is 0 Å². The van der Waals surface area contributed by atoms with Crippen molar-refractivity contribution < 1.29 is 4.52 Å². The molecule has 3 rings (SSSR count). The summed E-state index contributed by atoms with van der Waals surface area (Å²) in [5.41, 5.74) is 2.43. The predicted molar refractivity (Wildman–Crippen MR) is 86.5 cm³/mol. The highest BCUT2D eigenvalue weighted by atomic mass is 16.5. The van der Waals surface area contributed by atoms with Crippen LogP contribution in [0.2, 0.25) is 0 Å². The molecular formula is C17H22N4O. The molecule has 1 N–H and O–H groups in total. The van der Waals surface area contributed by atoms with E-state index >= 15 is 0 Å². The standard InChI is InChI=1S/C17H22N4O/c1-13-20-17(22-21-13)15-9-6-11-18-16(15)19-12-10-14-7-4-2-3-5-8-14/h6-7,9,11H,2-5,8,10,12H2,1H3,(H,18,19). The van der Waals surface area contributed by atoms with E-state index in [1.165, 1.54) is 32.1 Å². The highest BCUT2D eigenvalue weighted by Gasteiger charge is 2.12. The van der Waals surface area contributed by atoms with Crippen LogP contribution in [0.3, 0.4) is 0 Å². The summed E-state index contributed by atoms with van der Waals surface area (Å²) in [6.07, 6.45) is 11.7. The maximum Gasteiger partial charge on any atom is 0.261 e. The summed E-state index contributed by atoms with van der Waals surface area (Å²) in [6, 6.07) is 3.83. The van der Waals surface area contributed by atoms with Crippen molar-refractivity contribution in [1.29, 1.82) is 0 Å². The Kier molecular flexibility index (Phi) is 4.83. The van der Waals surface area contributed by atoms with Gasteiger partial charge < -0.3 is 9.84 Å². The van der Waals surface area contributed by atoms with E-state index < -0.39 is 0 Å². The molecule has 0 fully saturated rings. The maximum absolute atomic E-state index is 5.25. The highest BCUT2D eigenvalue weighted by Crippen LogP contribution is 2.25. The SMILES string of the molecule is Cc1noc(-c2cccnc2NCCC2=CCCCCC2)n1. The van der Waals surface area contributed by atoms with Gasteiger partial charge in [-0.25, -0.2) is 4.98 Å². The molecule has 0 aromatic carbocycles. The molecule has 2 aromatic rings. The lowest BCUT2D eigenvalue weighted by atomic mass is 10.1. The van der Waals surface area contributed by atoms with Crippen LogP contribution in [0.5, 0.6) is 0 Å². The smallest absolute Gasteiger partial charge is 0.261 e. The number of allylic oxidation sites excluding steroid dienone is 1. The molecule has 116 valence electrons. The molecule has 1 aliphatic carbocycles. The van der Waals surface area contributed by atoms with E-state index in [9.17, 15) is 0 Å². The molecule has 0 saturated heterocycles. The second-order valence-electron chi connectivity index (χ2n) is 5.68. The zero-order chi connectivity index (χ0) is 15.2. The van der Waals surface area contributed by atoms with Gasteiger partial charge in [0.1, 0.15) is 5.82 Å². The molecule has 0 saturated carbocycles. The summed E-state index contributed by atoms with van der Waals surface area (Å²) in [7, 11) is 0. The summed E-state index contributed by atoms with van der Waals surface area (Å²) < 4.78 is 5.25. The van der Waals surface area contributed by atoms with Crippen molar-refractivity contribution in [2.75, 3.05) is 11.9 Å². The van der Waals surface area contributed by atoms with Crippen molar-refractivity contribution in [1.82, 2.24) is 15.1 Å². The van der Waals surface area contributed by atoms with Crippen LogP contribution in [0.1, 0.15) is 44.3 Å². The first-order valence-corrected chi connectivity index (χ1v) is 8.00. The minimum atomic E-state index is 0.516. The number of hydrogen-bond acceptors (Lipinski definition) is 5. The molecule has 5 heteroatoms. The Morgan fingerprint density at radius 2 is 2.23 bits per heavy atom. The lowest BCUT2D eigenvalue weighted by Crippen LogP contribution is -2.06. The molecule has 2 aromatic heterocycles. The van der Waals surface area contributed by atoms with Crippen molar-refractivity contribution in [2.45, 2.75) is 45.4 Å². The third-order valence-corrected chi connectivity index (χ3v) is 3.94. The number of nitrogens with one attached hydrogen (secondary N) is 1. The lowest BCUT2D eigenvalue weighted by Gasteiger charge is -2.10. The topological polar surface area (TPSA) is 63.8 Å². The molecule has 0 amide bonds. The van der Waals surface area contributed by atoms with Crippen LogP contribution in [-0.4, -0.2) is 21.7 Å². The van der Waals surface area contributed by atoms with Gasteiger partial charge in [-0.3, -0.25) is 0 Å². The lowest BCUT2D eigenvalue weighted by molar-refractivity contribution is 0.425. The third kappa shape index (κ3) is 3.72. The largest absolute Gasteiger partial charge is 0.369 e. The minimum Gasteiger partial charge on any atom is -0.369 e. The minimum absolute atomic E-state index is 0.516. The number of hydrogen-bond donors (Lipinski definition) is 1. The Labute approximate surface area is 130 Å². The number of aryl methyl sites for hydroxylation is 1. The van der Waals surface area contributed by atoms with Gasteiger partial charge in [0.05, 0.1) is 5.56 Å². The Balaban J connectivity index is 1.64. The fourth-order valence-electron chi connectivity index (χ4n) is 2.78. The van der Waals surface area contributed by atoms with E-state index in [0.717, 1.165) is 24.3 Å². The van der Waals surface area contributed by atoms with Gasteiger partial charge in [-0.05, 0) is 51.2 Å². The first-order chi connectivity index (χ1) is 10.8. The Morgan fingerprint density at radius 3 is 3.09 bits per heavy atom. The summed E-state index contributed by atoms with van der Waals surface area (Å²) in [5.74, 6) is 1.95. The Hall–Kier alpha value is -2.17. The molecule has 0 radical (unpaired) electrons. The van der Waals surface area contributed by atoms with Crippen molar-refractivity contribution in [2.24, 2.45) is 0 Å². The fraction of sp³-hybridized carbons (Fsp3) is 0.471. The number of nitrogens with zero attached hydrogens (tertiary/aromatic N) is 3. The van der Waals surface area contributed by atoms with Crippen LogP contribution in [0.4, 0.5) is 5.82 Å². The van der Waals surface area contributed by atoms with Crippen LogP contribution in [0, 0.1) is 6.92 Å². The van der Waals surface area contributed by atoms with E-state index in [1.807, 2.05) is 19.1 Å². The highest BCUT2D eigenvalue weighted by molar-refractivity contribution is 5.68. The van der Waals surface area contributed by atoms with Gasteiger partial charge >= 0.3 is 0 Å². The maximum atomic E-state index is 5.25. The second kappa shape index (κ2) is 7.20. The molecule has 1 aliphatic rings. The number of rotatable bonds is 5. The van der Waals surface area contributed by atoms with Crippen LogP contribution in [-0.2, 0) is 0 Å². The normalized spacial score (nSPS) is 15.2. The van der Waals surface area contributed by atoms with E-state index in [1.54, 1.807) is 11.8 Å². The molecule has 0 unspecified atom stereocenters. The van der Waals surface area contributed by atoms with Gasteiger partial charge in [0.25, 0.3) is 5.89 Å². The number of pyridine rings is 1. The summed E-state index contributed by atoms with van der Waals surface area (Å²) in [6.45, 7) is 2.69. The second-order valence-corrected chi connectivity index (χ2v) is 5.68. The first kappa shape index (κ1) is 14.8. The number of anilines is 1. The summed E-state index contributed by atoms with van der Waals surface area (Å²) in [5, 5.41) is 7.26. The summed E-state index contributed by atoms with van der Waals surface area (Å²) >= 11 is 0. The van der Waals surface area contributed by atoms with E-state index in [-0.39, 0.29) is 0 Å². The average Bonchev–Trinajstić information content (AvgIpc) is 2.81. The van der Waals surface area contributed by atoms with Crippen LogP contribution in [0.25, 0.3) is 11.5 Å². The van der Waals surface area contributed by atoms with Gasteiger partial charge in [-0.15, -0.1) is 0 Å². The van der Waals surface area contributed by atoms with Crippen molar-refractivity contribution in [3.8, 4) is 11.5 Å². The predicted octanol–water partition coefficient (Wildman–Crippen LogP) is 4.13. The monoisotopic (exact) mass is 298 g/mol. The van der Waals surface area contributed by atoms with E-state index in [4.69, 9.17) is 4.52 Å². The molecule has 2 heterocycles. The Bertz CT molecular complexity index is 648. The molecular weight excluding hydrogens is 276 g/mol. The van der Waals surface area contributed by atoms with Gasteiger partial charge in [0.2, 0.25) is 0 Å². The molecule has 0 atom stereocenters. The van der Waals surface area contributed by atoms with Crippen LogP contribution >= 0.6 is 0 Å². The van der Waals surface area contributed by atoms with Gasteiger partial charge in [-0.1, -0.05) is 23.2 Å². The molecule has 22 heavy (non-hydrogen) atoms. The molecule has 5 nitrogen and oxygen atoms in total. The fourth-order valence-corrected chi connectivity index (χ4v) is 2.78. The molecule has 0 aliphatic heterocycles. The van der Waals surface area contributed by atoms with Crippen molar-refractivity contribution >= 4 is 5.82 Å². The van der Waals surface area contributed by atoms with Gasteiger partial charge in [-0.2, -0.15) is 4.98 Å². The molecule has 0 bridgehead atoms. The van der Waals surface area contributed by atoms with Gasteiger partial charge in [0.15, 0.2) is 5.82 Å². The summed E-state index contributed by atoms with van der Waals surface area (Å²) in [4.78, 5) is 8.69. The zero-order valence-corrected chi connectivity index (χ0v) is 13.0. The first-order valence-electron chi connectivity index (χ1n) is 8.00. The number of aromatic nitrogens is 3. The van der Waals surface area contributed by atoms with E-state index in [0.29, 0.717) is 11.7 Å². The third-order valence-electron chi connectivity index (χ3n) is 3.94. The average molecular weight is 298 g/mol. The van der Waals surface area contributed by atoms with E-state index in [2.05, 4.69) is 26.5 Å². The molecule has 0 spiro atoms. The Morgan fingerprint density at radius 1 is 1.27 bits per heavy atom. The van der Waals surface area contributed by atoms with Crippen LogP contribution in [0.15, 0.2) is 34.5 Å². The van der Waals surface area contributed by atoms with Gasteiger partial charge in [0, 0.05) is 12.7 Å². The van der Waals surface area contributed by atoms with Crippen LogP contribution < -0.4 is 5.32 Å².